The van der Waals surface area contributed by atoms with E-state index in [0.717, 1.165) is 15.6 Å². The van der Waals surface area contributed by atoms with Gasteiger partial charge in [0.1, 0.15) is 13.2 Å². The fourth-order valence-electron chi connectivity index (χ4n) is 4.40. The number of likely N-dealkylation sites (tertiary alicyclic amines) is 1. The zero-order valence-electron chi connectivity index (χ0n) is 15.7. The van der Waals surface area contributed by atoms with E-state index in [1.807, 2.05) is 36.4 Å². The first-order chi connectivity index (χ1) is 13.9. The van der Waals surface area contributed by atoms with Crippen LogP contribution < -0.4 is 0 Å². The molecule has 1 aliphatic carbocycles. The average molecular weight is 461 g/mol. The summed E-state index contributed by atoms with van der Waals surface area (Å²) in [6, 6.07) is 11.4. The molecule has 1 spiro atoms. The Hall–Kier alpha value is -2.45. The summed E-state index contributed by atoms with van der Waals surface area (Å²) in [5.41, 5.74) is 1.10. The second kappa shape index (κ2) is 7.76. The molecule has 1 aromatic heterocycles. The van der Waals surface area contributed by atoms with Gasteiger partial charge in [-0.1, -0.05) is 30.3 Å². The molecule has 152 valence electrons. The highest BCUT2D eigenvalue weighted by Crippen LogP contribution is 2.61. The first kappa shape index (κ1) is 19.8. The third-order valence-electron chi connectivity index (χ3n) is 5.57. The Morgan fingerprint density at radius 3 is 2.55 bits per heavy atom. The van der Waals surface area contributed by atoms with Gasteiger partial charge in [-0.2, -0.15) is 0 Å². The maximum atomic E-state index is 12.3. The summed E-state index contributed by atoms with van der Waals surface area (Å²) >= 11 is 3.49. The number of hydrogen-bond donors (Lipinski definition) is 1. The van der Waals surface area contributed by atoms with Gasteiger partial charge in [-0.05, 0) is 40.4 Å². The molecule has 2 aromatic rings. The van der Waals surface area contributed by atoms with Crippen LogP contribution >= 0.6 is 15.9 Å². The molecule has 1 aliphatic heterocycles. The molecule has 29 heavy (non-hydrogen) atoms. The lowest BCUT2D eigenvalue weighted by Crippen LogP contribution is -2.68. The summed E-state index contributed by atoms with van der Waals surface area (Å²) in [5.74, 6) is -1.00. The number of hydrogen-bond acceptors (Lipinski definition) is 5. The highest BCUT2D eigenvalue weighted by atomic mass is 79.9. The van der Waals surface area contributed by atoms with E-state index in [9.17, 15) is 9.59 Å². The van der Waals surface area contributed by atoms with Gasteiger partial charge >= 0.3 is 12.1 Å². The molecule has 0 atom stereocenters. The SMILES string of the molecule is O=C(O)COC1(c2ccncc2Br)CC2(CN(C(=O)OCc3ccccc3)C2)C1. The summed E-state index contributed by atoms with van der Waals surface area (Å²) in [4.78, 5) is 29.1. The van der Waals surface area contributed by atoms with Crippen LogP contribution in [0.15, 0.2) is 53.3 Å². The number of carboxylic acid groups (broad SMARTS) is 1. The van der Waals surface area contributed by atoms with Crippen molar-refractivity contribution in [3.8, 4) is 0 Å². The minimum atomic E-state index is -1.00. The predicted octanol–water partition coefficient (Wildman–Crippen LogP) is 3.57. The zero-order valence-corrected chi connectivity index (χ0v) is 17.3. The smallest absolute Gasteiger partial charge is 0.410 e. The molecule has 1 amide bonds. The molecular weight excluding hydrogens is 440 g/mol. The normalized spacial score (nSPS) is 18.6. The van der Waals surface area contributed by atoms with E-state index in [4.69, 9.17) is 14.6 Å². The highest BCUT2D eigenvalue weighted by Gasteiger charge is 2.63. The standard InChI is InChI=1S/C21H21BrN2O5/c22-17-8-23-7-6-16(17)21(29-10-18(25)26)11-20(12-21)13-24(14-20)19(27)28-9-15-4-2-1-3-5-15/h1-8H,9-14H2,(H,25,26). The molecule has 1 saturated carbocycles. The van der Waals surface area contributed by atoms with Crippen molar-refractivity contribution < 1.29 is 24.2 Å². The van der Waals surface area contributed by atoms with Crippen LogP contribution in [0.3, 0.4) is 0 Å². The van der Waals surface area contributed by atoms with Gasteiger partial charge in [0.15, 0.2) is 0 Å². The Kier molecular flexibility index (Phi) is 5.31. The van der Waals surface area contributed by atoms with Crippen LogP contribution in [0.4, 0.5) is 4.79 Å². The number of aromatic nitrogens is 1. The number of carbonyl (C=O) groups is 2. The van der Waals surface area contributed by atoms with Gasteiger partial charge < -0.3 is 19.5 Å². The van der Waals surface area contributed by atoms with E-state index < -0.39 is 11.6 Å². The third-order valence-corrected chi connectivity index (χ3v) is 6.20. The van der Waals surface area contributed by atoms with E-state index >= 15 is 0 Å². The Morgan fingerprint density at radius 1 is 1.17 bits per heavy atom. The van der Waals surface area contributed by atoms with Crippen LogP contribution in [0, 0.1) is 5.41 Å². The average Bonchev–Trinajstić information content (AvgIpc) is 2.65. The summed E-state index contributed by atoms with van der Waals surface area (Å²) in [6.45, 7) is 1.05. The molecule has 2 heterocycles. The second-order valence-electron chi connectivity index (χ2n) is 7.78. The quantitative estimate of drug-likeness (QED) is 0.708. The van der Waals surface area contributed by atoms with Gasteiger partial charge in [-0.15, -0.1) is 0 Å². The Balaban J connectivity index is 1.36. The third kappa shape index (κ3) is 4.00. The number of aliphatic carboxylic acids is 1. The van der Waals surface area contributed by atoms with Crippen molar-refractivity contribution in [3.05, 3.63) is 64.4 Å². The van der Waals surface area contributed by atoms with Gasteiger partial charge in [0.05, 0.1) is 5.60 Å². The van der Waals surface area contributed by atoms with Crippen LogP contribution in [0.5, 0.6) is 0 Å². The molecule has 2 fully saturated rings. The number of nitrogens with zero attached hydrogens (tertiary/aromatic N) is 2. The number of benzene rings is 1. The zero-order chi connectivity index (χ0) is 20.5. The van der Waals surface area contributed by atoms with Crippen LogP contribution in [-0.2, 0) is 26.5 Å². The number of carbonyl (C=O) groups excluding carboxylic acids is 1. The molecule has 0 bridgehead atoms. The second-order valence-corrected chi connectivity index (χ2v) is 8.64. The van der Waals surface area contributed by atoms with Crippen molar-refractivity contribution in [3.63, 3.8) is 0 Å². The molecule has 4 rings (SSSR count). The van der Waals surface area contributed by atoms with Crippen molar-refractivity contribution in [1.82, 2.24) is 9.88 Å². The topological polar surface area (TPSA) is 89.0 Å². The summed E-state index contributed by atoms with van der Waals surface area (Å²) in [6.07, 6.45) is 4.33. The number of carboxylic acids is 1. The van der Waals surface area contributed by atoms with Crippen molar-refractivity contribution in [2.45, 2.75) is 25.0 Å². The summed E-state index contributed by atoms with van der Waals surface area (Å²) in [7, 11) is 0. The lowest BCUT2D eigenvalue weighted by molar-refractivity contribution is -0.219. The Bertz CT molecular complexity index is 906. The van der Waals surface area contributed by atoms with Gasteiger partial charge in [0, 0.05) is 40.9 Å². The number of halogens is 1. The fraction of sp³-hybridized carbons (Fsp3) is 0.381. The van der Waals surface area contributed by atoms with Crippen LogP contribution in [-0.4, -0.2) is 46.7 Å². The number of pyridine rings is 1. The van der Waals surface area contributed by atoms with E-state index in [1.54, 1.807) is 17.3 Å². The van der Waals surface area contributed by atoms with Crippen LogP contribution in [0.1, 0.15) is 24.0 Å². The minimum absolute atomic E-state index is 0.0625. The summed E-state index contributed by atoms with van der Waals surface area (Å²) in [5, 5.41) is 9.06. The molecule has 0 unspecified atom stereocenters. The van der Waals surface area contributed by atoms with Gasteiger partial charge in [-0.3, -0.25) is 4.98 Å². The molecule has 1 saturated heterocycles. The van der Waals surface area contributed by atoms with E-state index in [0.29, 0.717) is 25.9 Å². The van der Waals surface area contributed by atoms with Crippen LogP contribution in [0.2, 0.25) is 0 Å². The first-order valence-corrected chi connectivity index (χ1v) is 10.1. The monoisotopic (exact) mass is 460 g/mol. The fourth-order valence-corrected chi connectivity index (χ4v) is 5.01. The molecule has 0 radical (unpaired) electrons. The molecular formula is C21H21BrN2O5. The summed E-state index contributed by atoms with van der Waals surface area (Å²) < 4.78 is 12.0. The van der Waals surface area contributed by atoms with Gasteiger partial charge in [0.25, 0.3) is 0 Å². The van der Waals surface area contributed by atoms with E-state index in [1.165, 1.54) is 0 Å². The Morgan fingerprint density at radius 2 is 1.90 bits per heavy atom. The Labute approximate surface area is 176 Å². The number of rotatable bonds is 6. The molecule has 7 nitrogen and oxygen atoms in total. The molecule has 8 heteroatoms. The van der Waals surface area contributed by atoms with Gasteiger partial charge in [0.2, 0.25) is 0 Å². The number of amides is 1. The highest BCUT2D eigenvalue weighted by molar-refractivity contribution is 9.10. The van der Waals surface area contributed by atoms with Crippen molar-refractivity contribution >= 4 is 28.0 Å². The largest absolute Gasteiger partial charge is 0.480 e. The van der Waals surface area contributed by atoms with Crippen molar-refractivity contribution in [2.24, 2.45) is 5.41 Å². The lowest BCUT2D eigenvalue weighted by atomic mass is 9.53. The maximum absolute atomic E-state index is 12.3. The van der Waals surface area contributed by atoms with Gasteiger partial charge in [-0.25, -0.2) is 9.59 Å². The molecule has 1 N–H and O–H groups in total. The first-order valence-electron chi connectivity index (χ1n) is 9.33. The van der Waals surface area contributed by atoms with E-state index in [2.05, 4.69) is 20.9 Å². The molecule has 2 aliphatic rings. The molecule has 1 aromatic carbocycles. The van der Waals surface area contributed by atoms with Crippen molar-refractivity contribution in [2.75, 3.05) is 19.7 Å². The minimum Gasteiger partial charge on any atom is -0.480 e. The maximum Gasteiger partial charge on any atom is 0.410 e. The lowest BCUT2D eigenvalue weighted by Gasteiger charge is -2.63. The van der Waals surface area contributed by atoms with E-state index in [-0.39, 0.29) is 24.7 Å². The number of ether oxygens (including phenoxy) is 2. The van der Waals surface area contributed by atoms with Crippen molar-refractivity contribution in [1.29, 1.82) is 0 Å². The van der Waals surface area contributed by atoms with Crippen LogP contribution in [0.25, 0.3) is 0 Å². The predicted molar refractivity (Wildman–Crippen MR) is 107 cm³/mol.